The van der Waals surface area contributed by atoms with Crippen LogP contribution in [0.5, 0.6) is 0 Å². The summed E-state index contributed by atoms with van der Waals surface area (Å²) in [6, 6.07) is 9.33. The van der Waals surface area contributed by atoms with Gasteiger partial charge in [-0.3, -0.25) is 9.59 Å². The van der Waals surface area contributed by atoms with Gasteiger partial charge in [0.25, 0.3) is 0 Å². The van der Waals surface area contributed by atoms with Crippen molar-refractivity contribution in [3.63, 3.8) is 0 Å². The molecule has 7 nitrogen and oxygen atoms in total. The number of aryl methyl sites for hydroxylation is 2. The fraction of sp³-hybridized carbons (Fsp3) is 0.571. The molecule has 7 heteroatoms. The van der Waals surface area contributed by atoms with Crippen LogP contribution in [0, 0.1) is 19.8 Å². The molecule has 3 atom stereocenters. The Bertz CT molecular complexity index is 1050. The molecule has 1 aliphatic heterocycles. The van der Waals surface area contributed by atoms with Gasteiger partial charge in [0, 0.05) is 12.1 Å². The Morgan fingerprint density at radius 2 is 1.77 bits per heavy atom. The quantitative estimate of drug-likeness (QED) is 0.627. The number of rotatable bonds is 7. The lowest BCUT2D eigenvalue weighted by Gasteiger charge is -2.35. The summed E-state index contributed by atoms with van der Waals surface area (Å²) in [7, 11) is 1.77. The highest BCUT2D eigenvalue weighted by Crippen LogP contribution is 2.35. The van der Waals surface area contributed by atoms with E-state index in [-0.39, 0.29) is 29.8 Å². The number of nitrogens with zero attached hydrogens (tertiary/aromatic N) is 3. The Balaban J connectivity index is 1.62. The van der Waals surface area contributed by atoms with E-state index in [4.69, 9.17) is 9.97 Å². The molecular weight excluding hydrogens is 438 g/mol. The van der Waals surface area contributed by atoms with Crippen LogP contribution in [0.1, 0.15) is 75.0 Å². The predicted molar refractivity (Wildman–Crippen MR) is 138 cm³/mol. The lowest BCUT2D eigenvalue weighted by molar-refractivity contribution is -0.139. The molecule has 2 aliphatic rings. The molecule has 0 spiro atoms. The van der Waals surface area contributed by atoms with E-state index in [2.05, 4.69) is 29.7 Å². The van der Waals surface area contributed by atoms with Crippen molar-refractivity contribution in [3.05, 3.63) is 47.4 Å². The lowest BCUT2D eigenvalue weighted by Crippen LogP contribution is -2.55. The number of hydrogen-bond acceptors (Lipinski definition) is 5. The molecule has 35 heavy (non-hydrogen) atoms. The molecule has 2 heterocycles. The van der Waals surface area contributed by atoms with E-state index in [1.165, 1.54) is 6.42 Å². The van der Waals surface area contributed by atoms with E-state index in [0.29, 0.717) is 12.4 Å². The third-order valence-corrected chi connectivity index (χ3v) is 7.67. The molecule has 4 rings (SSSR count). The van der Waals surface area contributed by atoms with Crippen molar-refractivity contribution in [2.24, 2.45) is 5.92 Å². The van der Waals surface area contributed by atoms with Crippen molar-refractivity contribution in [2.75, 3.05) is 13.6 Å². The van der Waals surface area contributed by atoms with E-state index in [9.17, 15) is 9.59 Å². The number of likely N-dealkylation sites (N-methyl/N-ethyl adjacent to an activating group) is 1. The molecule has 1 saturated heterocycles. The molecule has 0 radical (unpaired) electrons. The highest BCUT2D eigenvalue weighted by atomic mass is 16.2. The average Bonchev–Trinajstić information content (AvgIpc) is 3.37. The van der Waals surface area contributed by atoms with Crippen molar-refractivity contribution < 1.29 is 9.59 Å². The summed E-state index contributed by atoms with van der Waals surface area (Å²) in [6.45, 7) is 6.51. The molecule has 2 amide bonds. The number of amides is 2. The molecule has 2 N–H and O–H groups in total. The summed E-state index contributed by atoms with van der Waals surface area (Å²) < 4.78 is 0. The Kier molecular flexibility index (Phi) is 8.16. The second-order valence-corrected chi connectivity index (χ2v) is 10.1. The standard InChI is InChI=1S/C28H39N5O2/c1-18-11-8-9-14-22(18)23-17-24(31-20(3)30-23)25-15-10-16-33(25)28(35)26(21-12-6-5-7-13-21)32-27(34)19(2)29-4/h8-9,11,14,17,19,21,25-26,29H,5-7,10,12-13,15-16H2,1-4H3,(H,32,34)/t19?,25-,26-/m0/s1. The Morgan fingerprint density at radius 1 is 1.03 bits per heavy atom. The normalized spacial score (nSPS) is 20.5. The van der Waals surface area contributed by atoms with Gasteiger partial charge in [0.1, 0.15) is 11.9 Å². The summed E-state index contributed by atoms with van der Waals surface area (Å²) in [6.07, 6.45) is 7.18. The monoisotopic (exact) mass is 477 g/mol. The Labute approximate surface area is 209 Å². The van der Waals surface area contributed by atoms with Crippen LogP contribution in [-0.4, -0.2) is 52.4 Å². The van der Waals surface area contributed by atoms with Crippen LogP contribution in [-0.2, 0) is 9.59 Å². The van der Waals surface area contributed by atoms with Gasteiger partial charge in [-0.05, 0) is 71.0 Å². The lowest BCUT2D eigenvalue weighted by atomic mass is 9.83. The van der Waals surface area contributed by atoms with Crippen molar-refractivity contribution in [3.8, 4) is 11.3 Å². The first-order chi connectivity index (χ1) is 16.9. The van der Waals surface area contributed by atoms with Crippen LogP contribution >= 0.6 is 0 Å². The van der Waals surface area contributed by atoms with Crippen molar-refractivity contribution in [2.45, 2.75) is 83.8 Å². The summed E-state index contributed by atoms with van der Waals surface area (Å²) in [4.78, 5) is 38.3. The van der Waals surface area contributed by atoms with Gasteiger partial charge in [-0.2, -0.15) is 0 Å². The molecule has 0 bridgehead atoms. The molecule has 1 unspecified atom stereocenters. The number of hydrogen-bond donors (Lipinski definition) is 2. The van der Waals surface area contributed by atoms with Gasteiger partial charge in [-0.15, -0.1) is 0 Å². The van der Waals surface area contributed by atoms with E-state index >= 15 is 0 Å². The topological polar surface area (TPSA) is 87.2 Å². The third-order valence-electron chi connectivity index (χ3n) is 7.67. The van der Waals surface area contributed by atoms with Crippen molar-refractivity contribution >= 4 is 11.8 Å². The highest BCUT2D eigenvalue weighted by Gasteiger charge is 2.39. The maximum Gasteiger partial charge on any atom is 0.246 e. The van der Waals surface area contributed by atoms with Crippen molar-refractivity contribution in [1.29, 1.82) is 0 Å². The number of benzene rings is 1. The first-order valence-corrected chi connectivity index (χ1v) is 13.1. The molecule has 1 saturated carbocycles. The SMILES string of the molecule is CNC(C)C(=O)N[C@H](C(=O)N1CCC[C@H]1c1cc(-c2ccccc2C)nc(C)n1)C1CCCCC1. The van der Waals surface area contributed by atoms with E-state index in [1.807, 2.05) is 36.9 Å². The molecule has 2 fully saturated rings. The summed E-state index contributed by atoms with van der Waals surface area (Å²) in [5.41, 5.74) is 4.03. The highest BCUT2D eigenvalue weighted by molar-refractivity contribution is 5.90. The van der Waals surface area contributed by atoms with Gasteiger partial charge in [-0.1, -0.05) is 43.5 Å². The van der Waals surface area contributed by atoms with E-state index in [1.54, 1.807) is 7.05 Å². The smallest absolute Gasteiger partial charge is 0.246 e. The van der Waals surface area contributed by atoms with Gasteiger partial charge >= 0.3 is 0 Å². The molecule has 1 aromatic heterocycles. The van der Waals surface area contributed by atoms with Crippen LogP contribution in [0.4, 0.5) is 0 Å². The van der Waals surface area contributed by atoms with Gasteiger partial charge in [-0.25, -0.2) is 9.97 Å². The van der Waals surface area contributed by atoms with Crippen LogP contribution in [0.25, 0.3) is 11.3 Å². The number of aromatic nitrogens is 2. The third kappa shape index (κ3) is 5.72. The van der Waals surface area contributed by atoms with Crippen LogP contribution < -0.4 is 10.6 Å². The second-order valence-electron chi connectivity index (χ2n) is 10.1. The summed E-state index contributed by atoms with van der Waals surface area (Å²) >= 11 is 0. The van der Waals surface area contributed by atoms with Crippen LogP contribution in [0.3, 0.4) is 0 Å². The minimum absolute atomic E-state index is 0.0322. The van der Waals surface area contributed by atoms with Gasteiger partial charge in [0.05, 0.1) is 23.5 Å². The molecule has 1 aliphatic carbocycles. The number of nitrogens with one attached hydrogen (secondary N) is 2. The minimum atomic E-state index is -0.488. The zero-order chi connectivity index (χ0) is 24.9. The Hall–Kier alpha value is -2.80. The largest absolute Gasteiger partial charge is 0.343 e. The minimum Gasteiger partial charge on any atom is -0.343 e. The summed E-state index contributed by atoms with van der Waals surface area (Å²) in [5.74, 6) is 0.803. The van der Waals surface area contributed by atoms with E-state index in [0.717, 1.165) is 61.0 Å². The fourth-order valence-electron chi connectivity index (χ4n) is 5.53. The summed E-state index contributed by atoms with van der Waals surface area (Å²) in [5, 5.41) is 6.11. The number of carbonyl (C=O) groups excluding carboxylic acids is 2. The van der Waals surface area contributed by atoms with Gasteiger partial charge < -0.3 is 15.5 Å². The number of likely N-dealkylation sites (tertiary alicyclic amines) is 1. The van der Waals surface area contributed by atoms with Gasteiger partial charge in [0.15, 0.2) is 0 Å². The van der Waals surface area contributed by atoms with E-state index < -0.39 is 6.04 Å². The first kappa shape index (κ1) is 25.3. The first-order valence-electron chi connectivity index (χ1n) is 13.1. The predicted octanol–water partition coefficient (Wildman–Crippen LogP) is 4.10. The molecule has 2 aromatic rings. The molecular formula is C28H39N5O2. The fourth-order valence-corrected chi connectivity index (χ4v) is 5.53. The van der Waals surface area contributed by atoms with Crippen LogP contribution in [0.2, 0.25) is 0 Å². The number of carbonyl (C=O) groups is 2. The van der Waals surface area contributed by atoms with Gasteiger partial charge in [0.2, 0.25) is 11.8 Å². The zero-order valence-corrected chi connectivity index (χ0v) is 21.5. The maximum atomic E-state index is 14.0. The maximum absolute atomic E-state index is 14.0. The average molecular weight is 478 g/mol. The molecule has 1 aromatic carbocycles. The zero-order valence-electron chi connectivity index (χ0n) is 21.5. The second kappa shape index (κ2) is 11.3. The van der Waals surface area contributed by atoms with Crippen LogP contribution in [0.15, 0.2) is 30.3 Å². The molecule has 188 valence electrons. The van der Waals surface area contributed by atoms with Crippen molar-refractivity contribution in [1.82, 2.24) is 25.5 Å². The Morgan fingerprint density at radius 3 is 2.49 bits per heavy atom.